The van der Waals surface area contributed by atoms with Crippen molar-refractivity contribution in [3.05, 3.63) is 24.3 Å². The molecule has 0 bridgehead atoms. The van der Waals surface area contributed by atoms with Crippen molar-refractivity contribution in [3.63, 3.8) is 0 Å². The van der Waals surface area contributed by atoms with Crippen molar-refractivity contribution in [3.8, 4) is 5.75 Å². The molecule has 0 spiro atoms. The average molecular weight is 177 g/mol. The molecule has 1 aliphatic rings. The maximum Gasteiger partial charge on any atom is 0.119 e. The van der Waals surface area contributed by atoms with E-state index in [0.29, 0.717) is 6.10 Å². The molecule has 0 heterocycles. The number of rotatable bonds is 2. The van der Waals surface area contributed by atoms with E-state index in [0.717, 1.165) is 17.4 Å². The van der Waals surface area contributed by atoms with E-state index >= 15 is 0 Å². The van der Waals surface area contributed by atoms with Crippen LogP contribution in [-0.4, -0.2) is 6.10 Å². The molecule has 0 atom stereocenters. The standard InChI is InChI=1S/C11H15NO/c1-8-6-11(7-8)13-10-4-2-9(12)3-5-10/h2-5,8,11H,6-7,12H2,1H3. The van der Waals surface area contributed by atoms with E-state index in [1.807, 2.05) is 24.3 Å². The van der Waals surface area contributed by atoms with Gasteiger partial charge in [-0.1, -0.05) is 6.92 Å². The van der Waals surface area contributed by atoms with Crippen LogP contribution >= 0.6 is 0 Å². The van der Waals surface area contributed by atoms with Gasteiger partial charge in [0.2, 0.25) is 0 Å². The van der Waals surface area contributed by atoms with Crippen molar-refractivity contribution in [2.75, 3.05) is 5.73 Å². The van der Waals surface area contributed by atoms with Gasteiger partial charge in [0.1, 0.15) is 5.75 Å². The predicted octanol–water partition coefficient (Wildman–Crippen LogP) is 2.45. The Kier molecular flexibility index (Phi) is 2.13. The Labute approximate surface area is 78.7 Å². The van der Waals surface area contributed by atoms with E-state index in [9.17, 15) is 0 Å². The monoisotopic (exact) mass is 177 g/mol. The normalized spacial score (nSPS) is 26.5. The molecule has 2 N–H and O–H groups in total. The molecule has 0 amide bonds. The van der Waals surface area contributed by atoms with Crippen LogP contribution in [0.4, 0.5) is 5.69 Å². The van der Waals surface area contributed by atoms with E-state index in [1.54, 1.807) is 0 Å². The summed E-state index contributed by atoms with van der Waals surface area (Å²) in [7, 11) is 0. The zero-order valence-electron chi connectivity index (χ0n) is 7.86. The molecule has 2 rings (SSSR count). The number of benzene rings is 1. The molecular formula is C11H15NO. The molecule has 0 radical (unpaired) electrons. The van der Waals surface area contributed by atoms with Crippen LogP contribution in [-0.2, 0) is 0 Å². The van der Waals surface area contributed by atoms with E-state index in [1.165, 1.54) is 12.8 Å². The van der Waals surface area contributed by atoms with E-state index < -0.39 is 0 Å². The zero-order chi connectivity index (χ0) is 9.26. The summed E-state index contributed by atoms with van der Waals surface area (Å²) in [5.41, 5.74) is 6.36. The van der Waals surface area contributed by atoms with Gasteiger partial charge in [-0.05, 0) is 43.0 Å². The number of anilines is 1. The first-order valence-corrected chi connectivity index (χ1v) is 4.76. The van der Waals surface area contributed by atoms with Gasteiger partial charge in [-0.2, -0.15) is 0 Å². The van der Waals surface area contributed by atoms with Gasteiger partial charge in [-0.25, -0.2) is 0 Å². The van der Waals surface area contributed by atoms with Gasteiger partial charge >= 0.3 is 0 Å². The van der Waals surface area contributed by atoms with E-state index in [4.69, 9.17) is 10.5 Å². The van der Waals surface area contributed by atoms with Crippen molar-refractivity contribution in [2.45, 2.75) is 25.9 Å². The third kappa shape index (κ3) is 1.94. The van der Waals surface area contributed by atoms with Gasteiger partial charge in [0.05, 0.1) is 6.10 Å². The first-order valence-electron chi connectivity index (χ1n) is 4.76. The van der Waals surface area contributed by atoms with Crippen molar-refractivity contribution in [2.24, 2.45) is 5.92 Å². The van der Waals surface area contributed by atoms with Gasteiger partial charge in [0, 0.05) is 5.69 Å². The molecular weight excluding hydrogens is 162 g/mol. The zero-order valence-corrected chi connectivity index (χ0v) is 7.86. The minimum Gasteiger partial charge on any atom is -0.490 e. The van der Waals surface area contributed by atoms with Crippen molar-refractivity contribution >= 4 is 5.69 Å². The maximum atomic E-state index is 5.72. The molecule has 0 aromatic heterocycles. The third-order valence-corrected chi connectivity index (χ3v) is 2.51. The first-order chi connectivity index (χ1) is 6.24. The summed E-state index contributed by atoms with van der Waals surface area (Å²) < 4.78 is 5.72. The lowest BCUT2D eigenvalue weighted by molar-refractivity contribution is 0.0739. The highest BCUT2D eigenvalue weighted by Crippen LogP contribution is 2.30. The molecule has 13 heavy (non-hydrogen) atoms. The maximum absolute atomic E-state index is 5.72. The average Bonchev–Trinajstić information content (AvgIpc) is 2.06. The summed E-state index contributed by atoms with van der Waals surface area (Å²) in [6, 6.07) is 7.60. The number of ether oxygens (including phenoxy) is 1. The molecule has 70 valence electrons. The molecule has 1 fully saturated rings. The van der Waals surface area contributed by atoms with Crippen LogP contribution in [0.15, 0.2) is 24.3 Å². The molecule has 1 aromatic rings. The highest BCUT2D eigenvalue weighted by atomic mass is 16.5. The number of nitrogen functional groups attached to an aromatic ring is 1. The first kappa shape index (κ1) is 8.42. The van der Waals surface area contributed by atoms with Crippen LogP contribution in [0.2, 0.25) is 0 Å². The Balaban J connectivity index is 1.91. The Hall–Kier alpha value is -1.18. The Morgan fingerprint density at radius 1 is 1.23 bits per heavy atom. The topological polar surface area (TPSA) is 35.2 Å². The van der Waals surface area contributed by atoms with Crippen LogP contribution in [0.25, 0.3) is 0 Å². The second-order valence-electron chi connectivity index (χ2n) is 3.89. The lowest BCUT2D eigenvalue weighted by atomic mass is 9.84. The summed E-state index contributed by atoms with van der Waals surface area (Å²) in [4.78, 5) is 0. The fourth-order valence-electron chi connectivity index (χ4n) is 1.66. The van der Waals surface area contributed by atoms with E-state index in [2.05, 4.69) is 6.92 Å². The molecule has 0 aliphatic heterocycles. The molecule has 2 nitrogen and oxygen atoms in total. The Morgan fingerprint density at radius 3 is 2.38 bits per heavy atom. The van der Waals surface area contributed by atoms with Crippen LogP contribution < -0.4 is 10.5 Å². The van der Waals surface area contributed by atoms with Crippen molar-refractivity contribution in [1.82, 2.24) is 0 Å². The molecule has 1 aliphatic carbocycles. The summed E-state index contributed by atoms with van der Waals surface area (Å²) in [6.45, 7) is 2.25. The van der Waals surface area contributed by atoms with Crippen LogP contribution in [0.5, 0.6) is 5.75 Å². The van der Waals surface area contributed by atoms with Crippen molar-refractivity contribution in [1.29, 1.82) is 0 Å². The van der Waals surface area contributed by atoms with Gasteiger partial charge in [-0.15, -0.1) is 0 Å². The largest absolute Gasteiger partial charge is 0.490 e. The Bertz CT molecular complexity index is 275. The molecule has 0 saturated heterocycles. The molecule has 1 saturated carbocycles. The highest BCUT2D eigenvalue weighted by molar-refractivity contribution is 5.41. The van der Waals surface area contributed by atoms with Crippen molar-refractivity contribution < 1.29 is 4.74 Å². The quantitative estimate of drug-likeness (QED) is 0.704. The van der Waals surface area contributed by atoms with Crippen LogP contribution in [0.3, 0.4) is 0 Å². The lowest BCUT2D eigenvalue weighted by Gasteiger charge is -2.32. The van der Waals surface area contributed by atoms with Crippen LogP contribution in [0, 0.1) is 5.92 Å². The summed E-state index contributed by atoms with van der Waals surface area (Å²) in [6.07, 6.45) is 2.80. The smallest absolute Gasteiger partial charge is 0.119 e. The number of hydrogen-bond donors (Lipinski definition) is 1. The minimum absolute atomic E-state index is 0.429. The predicted molar refractivity (Wildman–Crippen MR) is 53.7 cm³/mol. The summed E-state index contributed by atoms with van der Waals surface area (Å²) in [5.74, 6) is 1.77. The summed E-state index contributed by atoms with van der Waals surface area (Å²) >= 11 is 0. The van der Waals surface area contributed by atoms with Crippen LogP contribution in [0.1, 0.15) is 19.8 Å². The third-order valence-electron chi connectivity index (χ3n) is 2.51. The van der Waals surface area contributed by atoms with Gasteiger partial charge in [0.25, 0.3) is 0 Å². The van der Waals surface area contributed by atoms with Gasteiger partial charge < -0.3 is 10.5 Å². The highest BCUT2D eigenvalue weighted by Gasteiger charge is 2.26. The Morgan fingerprint density at radius 2 is 1.85 bits per heavy atom. The second kappa shape index (κ2) is 3.29. The SMILES string of the molecule is CC1CC(Oc2ccc(N)cc2)C1. The molecule has 1 aromatic carbocycles. The summed E-state index contributed by atoms with van der Waals surface area (Å²) in [5, 5.41) is 0. The molecule has 0 unspecified atom stereocenters. The van der Waals surface area contributed by atoms with Gasteiger partial charge in [0.15, 0.2) is 0 Å². The molecule has 2 heteroatoms. The second-order valence-corrected chi connectivity index (χ2v) is 3.89. The number of nitrogens with two attached hydrogens (primary N) is 1. The minimum atomic E-state index is 0.429. The van der Waals surface area contributed by atoms with Gasteiger partial charge in [-0.3, -0.25) is 0 Å². The number of hydrogen-bond acceptors (Lipinski definition) is 2. The fourth-order valence-corrected chi connectivity index (χ4v) is 1.66. The lowest BCUT2D eigenvalue weighted by Crippen LogP contribution is -2.31. The fraction of sp³-hybridized carbons (Fsp3) is 0.455. The van der Waals surface area contributed by atoms with E-state index in [-0.39, 0.29) is 0 Å².